The summed E-state index contributed by atoms with van der Waals surface area (Å²) in [7, 11) is 0. The van der Waals surface area contributed by atoms with E-state index in [0.717, 1.165) is 44.5 Å². The van der Waals surface area contributed by atoms with Crippen molar-refractivity contribution in [3.63, 3.8) is 0 Å². The number of hydrogen-bond donors (Lipinski definition) is 0. The van der Waals surface area contributed by atoms with E-state index in [2.05, 4.69) is 147 Å². The summed E-state index contributed by atoms with van der Waals surface area (Å²) in [5, 5.41) is 5.90. The second-order valence-corrected chi connectivity index (χ2v) is 14.0. The minimum atomic E-state index is -0.179. The number of para-hydroxylation sites is 1. The summed E-state index contributed by atoms with van der Waals surface area (Å²) in [5.41, 5.74) is 14.6. The van der Waals surface area contributed by atoms with Crippen molar-refractivity contribution < 1.29 is 0 Å². The summed E-state index contributed by atoms with van der Waals surface area (Å²) in [6.45, 7) is 4.68. The minimum Gasteiger partial charge on any atom is -0.252 e. The second-order valence-electron chi connectivity index (χ2n) is 14.0. The van der Waals surface area contributed by atoms with E-state index in [0.29, 0.717) is 0 Å². The Kier molecular flexibility index (Phi) is 6.53. The lowest BCUT2D eigenvalue weighted by molar-refractivity contribution is 0.662. The molecular weight excluding hydrogens is 619 g/mol. The minimum absolute atomic E-state index is 0.179. The van der Waals surface area contributed by atoms with Gasteiger partial charge in [0.25, 0.3) is 0 Å². The first-order chi connectivity index (χ1) is 25.1. The largest absolute Gasteiger partial charge is 0.252 e. The summed E-state index contributed by atoms with van der Waals surface area (Å²) < 4.78 is 0. The molecule has 3 heteroatoms. The summed E-state index contributed by atoms with van der Waals surface area (Å²) in [6.07, 6.45) is 3.81. The highest BCUT2D eigenvalue weighted by atomic mass is 14.8. The van der Waals surface area contributed by atoms with Gasteiger partial charge in [0.05, 0.1) is 35.0 Å². The van der Waals surface area contributed by atoms with Crippen LogP contribution < -0.4 is 0 Å². The van der Waals surface area contributed by atoms with Gasteiger partial charge in [-0.3, -0.25) is 9.97 Å². The number of fused-ring (bicyclic) bond motifs is 6. The van der Waals surface area contributed by atoms with Crippen molar-refractivity contribution in [1.82, 2.24) is 15.0 Å². The maximum atomic E-state index is 5.26. The fourth-order valence-corrected chi connectivity index (χ4v) is 8.42. The van der Waals surface area contributed by atoms with Crippen LogP contribution in [0.3, 0.4) is 0 Å². The number of hydrogen-bond acceptors (Lipinski definition) is 3. The molecule has 0 amide bonds. The number of pyridine rings is 1. The molecule has 0 radical (unpaired) electrons. The average Bonchev–Trinajstić information content (AvgIpc) is 3.42. The third-order valence-corrected chi connectivity index (χ3v) is 10.7. The topological polar surface area (TPSA) is 38.7 Å². The molecule has 10 rings (SSSR count). The molecule has 2 heterocycles. The molecule has 0 saturated carbocycles. The van der Waals surface area contributed by atoms with Gasteiger partial charge in [-0.2, -0.15) is 0 Å². The van der Waals surface area contributed by atoms with Gasteiger partial charge in [-0.05, 0) is 61.0 Å². The summed E-state index contributed by atoms with van der Waals surface area (Å²) in [4.78, 5) is 15.1. The first-order valence-corrected chi connectivity index (χ1v) is 17.5. The zero-order chi connectivity index (χ0) is 34.1. The van der Waals surface area contributed by atoms with E-state index < -0.39 is 0 Å². The highest BCUT2D eigenvalue weighted by Gasteiger charge is 2.39. The summed E-state index contributed by atoms with van der Waals surface area (Å²) >= 11 is 0. The monoisotopic (exact) mass is 651 g/mol. The molecule has 240 valence electrons. The Morgan fingerprint density at radius 3 is 1.57 bits per heavy atom. The molecule has 3 nitrogen and oxygen atoms in total. The van der Waals surface area contributed by atoms with E-state index >= 15 is 0 Å². The van der Waals surface area contributed by atoms with Crippen LogP contribution in [0.2, 0.25) is 0 Å². The molecule has 51 heavy (non-hydrogen) atoms. The molecule has 0 aliphatic heterocycles. The number of benzene rings is 7. The Bertz CT molecular complexity index is 2740. The molecule has 0 bridgehead atoms. The van der Waals surface area contributed by atoms with Gasteiger partial charge in [0.1, 0.15) is 0 Å². The van der Waals surface area contributed by atoms with E-state index in [9.17, 15) is 0 Å². The Morgan fingerprint density at radius 1 is 0.412 bits per heavy atom. The Hall–Kier alpha value is -6.45. The van der Waals surface area contributed by atoms with Crippen molar-refractivity contribution in [2.24, 2.45) is 0 Å². The number of aromatic nitrogens is 3. The number of rotatable bonds is 4. The molecule has 2 aromatic heterocycles. The van der Waals surface area contributed by atoms with Crippen LogP contribution in [0.4, 0.5) is 0 Å². The van der Waals surface area contributed by atoms with Gasteiger partial charge < -0.3 is 0 Å². The van der Waals surface area contributed by atoms with Crippen molar-refractivity contribution in [3.8, 4) is 56.0 Å². The van der Waals surface area contributed by atoms with Crippen molar-refractivity contribution in [2.75, 3.05) is 0 Å². The van der Waals surface area contributed by atoms with Gasteiger partial charge >= 0.3 is 0 Å². The highest BCUT2D eigenvalue weighted by molar-refractivity contribution is 6.21. The predicted molar refractivity (Wildman–Crippen MR) is 212 cm³/mol. The zero-order valence-electron chi connectivity index (χ0n) is 28.4. The maximum absolute atomic E-state index is 5.26. The summed E-state index contributed by atoms with van der Waals surface area (Å²) in [5.74, 6) is 0. The second kappa shape index (κ2) is 11.3. The van der Waals surface area contributed by atoms with Gasteiger partial charge in [-0.1, -0.05) is 159 Å². The fourth-order valence-electron chi connectivity index (χ4n) is 8.42. The van der Waals surface area contributed by atoms with Crippen LogP contribution in [0.25, 0.3) is 88.5 Å². The Morgan fingerprint density at radius 2 is 0.922 bits per heavy atom. The van der Waals surface area contributed by atoms with E-state index in [1.165, 1.54) is 55.1 Å². The molecular formula is C48H33N3. The van der Waals surface area contributed by atoms with Gasteiger partial charge in [0.2, 0.25) is 0 Å². The van der Waals surface area contributed by atoms with Crippen LogP contribution in [0.5, 0.6) is 0 Å². The molecule has 9 aromatic rings. The van der Waals surface area contributed by atoms with E-state index in [1.54, 1.807) is 0 Å². The first-order valence-electron chi connectivity index (χ1n) is 17.5. The van der Waals surface area contributed by atoms with Crippen LogP contribution in [-0.2, 0) is 5.41 Å². The highest BCUT2D eigenvalue weighted by Crippen LogP contribution is 2.53. The first kappa shape index (κ1) is 29.5. The summed E-state index contributed by atoms with van der Waals surface area (Å²) in [6, 6.07) is 54.2. The van der Waals surface area contributed by atoms with Crippen molar-refractivity contribution >= 4 is 32.4 Å². The lowest BCUT2D eigenvalue weighted by atomic mass is 9.78. The van der Waals surface area contributed by atoms with Crippen LogP contribution in [0.15, 0.2) is 164 Å². The van der Waals surface area contributed by atoms with Gasteiger partial charge in [0.15, 0.2) is 0 Å². The normalized spacial score (nSPS) is 13.1. The lowest BCUT2D eigenvalue weighted by Crippen LogP contribution is -2.16. The van der Waals surface area contributed by atoms with E-state index in [-0.39, 0.29) is 5.41 Å². The molecule has 0 N–H and O–H groups in total. The van der Waals surface area contributed by atoms with Crippen molar-refractivity contribution in [1.29, 1.82) is 0 Å². The standard InChI is InChI=1S/C48H33N3/c1-48(2)39-22-12-10-20-37(39)47-46(48)44(38-21-11-13-23-40(38)51-47)32-26-24-31(25-27-32)43-33-16-6-8-18-35(33)45(36-19-9-7-17-34(36)43)42-29-49-41(28-50-42)30-14-4-3-5-15-30/h3-29H,1-2H3. The maximum Gasteiger partial charge on any atom is 0.0898 e. The smallest absolute Gasteiger partial charge is 0.0898 e. The predicted octanol–water partition coefficient (Wildman–Crippen LogP) is 12.3. The lowest BCUT2D eigenvalue weighted by Gasteiger charge is -2.25. The average molecular weight is 652 g/mol. The molecule has 0 atom stereocenters. The Labute approximate surface area is 297 Å². The molecule has 0 saturated heterocycles. The molecule has 0 spiro atoms. The van der Waals surface area contributed by atoms with E-state index in [1.807, 2.05) is 30.6 Å². The zero-order valence-corrected chi connectivity index (χ0v) is 28.4. The third-order valence-electron chi connectivity index (χ3n) is 10.7. The SMILES string of the molecule is CC1(C)c2ccccc2-c2nc3ccccc3c(-c3ccc(-c4c5ccccc5c(-c5cnc(-c6ccccc6)cn5)c5ccccc45)cc3)c21. The molecule has 0 unspecified atom stereocenters. The van der Waals surface area contributed by atoms with Crippen LogP contribution >= 0.6 is 0 Å². The molecule has 1 aliphatic carbocycles. The van der Waals surface area contributed by atoms with Gasteiger partial charge in [0, 0.05) is 27.5 Å². The van der Waals surface area contributed by atoms with Crippen LogP contribution in [-0.4, -0.2) is 15.0 Å². The fraction of sp³-hybridized carbons (Fsp3) is 0.0625. The van der Waals surface area contributed by atoms with E-state index in [4.69, 9.17) is 15.0 Å². The van der Waals surface area contributed by atoms with Crippen LogP contribution in [0, 0.1) is 0 Å². The quantitative estimate of drug-likeness (QED) is 0.178. The Balaban J connectivity index is 1.16. The van der Waals surface area contributed by atoms with Gasteiger partial charge in [-0.15, -0.1) is 0 Å². The third kappa shape index (κ3) is 4.48. The van der Waals surface area contributed by atoms with Crippen LogP contribution in [0.1, 0.15) is 25.0 Å². The van der Waals surface area contributed by atoms with Crippen molar-refractivity contribution in [2.45, 2.75) is 19.3 Å². The number of nitrogens with zero attached hydrogens (tertiary/aromatic N) is 3. The van der Waals surface area contributed by atoms with Gasteiger partial charge in [-0.25, -0.2) is 4.98 Å². The molecule has 7 aromatic carbocycles. The molecule has 1 aliphatic rings. The van der Waals surface area contributed by atoms with Crippen molar-refractivity contribution in [3.05, 3.63) is 175 Å². The molecule has 0 fully saturated rings.